The second kappa shape index (κ2) is 4.46. The van der Waals surface area contributed by atoms with E-state index in [1.165, 1.54) is 25.7 Å². The molecular weight excluding hydrogens is 264 g/mol. The van der Waals surface area contributed by atoms with Gasteiger partial charge < -0.3 is 0 Å². The molecule has 18 heavy (non-hydrogen) atoms. The third kappa shape index (κ3) is 2.26. The van der Waals surface area contributed by atoms with E-state index in [0.717, 1.165) is 16.0 Å². The molecule has 0 N–H and O–H groups in total. The molecule has 1 aliphatic rings. The van der Waals surface area contributed by atoms with Crippen LogP contribution in [0.1, 0.15) is 51.3 Å². The summed E-state index contributed by atoms with van der Waals surface area (Å²) in [5, 5.41) is 3.63. The van der Waals surface area contributed by atoms with Gasteiger partial charge in [-0.1, -0.05) is 25.4 Å². The number of rotatable bonds is 1. The summed E-state index contributed by atoms with van der Waals surface area (Å²) in [4.78, 5) is 10.2. The first-order chi connectivity index (χ1) is 8.55. The van der Waals surface area contributed by atoms with Crippen LogP contribution in [-0.4, -0.2) is 9.97 Å². The van der Waals surface area contributed by atoms with Gasteiger partial charge in [0.15, 0.2) is 0 Å². The van der Waals surface area contributed by atoms with Gasteiger partial charge in [-0.25, -0.2) is 9.97 Å². The lowest BCUT2D eigenvalue weighted by Crippen LogP contribution is -2.21. The van der Waals surface area contributed by atoms with Crippen LogP contribution in [0.4, 0.5) is 0 Å². The topological polar surface area (TPSA) is 25.8 Å². The Morgan fingerprint density at radius 1 is 1.28 bits per heavy atom. The second-order valence-corrected chi connectivity index (χ2v) is 7.20. The Morgan fingerprint density at radius 2 is 2.00 bits per heavy atom. The molecule has 0 unspecified atom stereocenters. The first kappa shape index (κ1) is 12.4. The molecule has 2 nitrogen and oxygen atoms in total. The molecule has 2 aromatic heterocycles. The van der Waals surface area contributed by atoms with Crippen molar-refractivity contribution in [3.05, 3.63) is 22.4 Å². The van der Waals surface area contributed by atoms with Crippen molar-refractivity contribution in [2.75, 3.05) is 0 Å². The summed E-state index contributed by atoms with van der Waals surface area (Å²) in [6, 6.07) is 2.00. The molecule has 0 aromatic carbocycles. The zero-order valence-electron chi connectivity index (χ0n) is 10.7. The Morgan fingerprint density at radius 3 is 2.72 bits per heavy atom. The lowest BCUT2D eigenvalue weighted by Gasteiger charge is -2.33. The summed E-state index contributed by atoms with van der Waals surface area (Å²) in [7, 11) is 0. The minimum Gasteiger partial charge on any atom is -0.222 e. The molecule has 96 valence electrons. The zero-order valence-corrected chi connectivity index (χ0v) is 12.3. The van der Waals surface area contributed by atoms with E-state index in [2.05, 4.69) is 18.8 Å². The highest BCUT2D eigenvalue weighted by Gasteiger charge is 2.29. The quantitative estimate of drug-likeness (QED) is 0.685. The number of fused-ring (bicyclic) bond motifs is 1. The fourth-order valence-corrected chi connectivity index (χ4v) is 3.74. The van der Waals surface area contributed by atoms with Crippen LogP contribution in [0.2, 0.25) is 5.15 Å². The van der Waals surface area contributed by atoms with E-state index in [1.54, 1.807) is 11.3 Å². The van der Waals surface area contributed by atoms with Crippen LogP contribution in [0.5, 0.6) is 0 Å². The first-order valence-corrected chi connectivity index (χ1v) is 7.72. The minimum absolute atomic E-state index is 0.479. The van der Waals surface area contributed by atoms with Crippen molar-refractivity contribution >= 4 is 33.2 Å². The highest BCUT2D eigenvalue weighted by molar-refractivity contribution is 7.16. The van der Waals surface area contributed by atoms with Gasteiger partial charge in [0.1, 0.15) is 15.8 Å². The third-order valence-corrected chi connectivity index (χ3v) is 5.09. The van der Waals surface area contributed by atoms with Gasteiger partial charge in [-0.15, -0.1) is 11.3 Å². The molecule has 0 atom stereocenters. The molecule has 0 aliphatic heterocycles. The molecule has 0 amide bonds. The second-order valence-electron chi connectivity index (χ2n) is 5.95. The Labute approximate surface area is 116 Å². The predicted molar refractivity (Wildman–Crippen MR) is 77.4 cm³/mol. The monoisotopic (exact) mass is 280 g/mol. The van der Waals surface area contributed by atoms with Crippen LogP contribution in [0.3, 0.4) is 0 Å². The van der Waals surface area contributed by atoms with Crippen LogP contribution < -0.4 is 0 Å². The smallest absolute Gasteiger partial charge is 0.141 e. The fraction of sp³-hybridized carbons (Fsp3) is 0.571. The van der Waals surface area contributed by atoms with E-state index in [1.807, 2.05) is 11.4 Å². The molecular formula is C14H17ClN2S. The molecule has 3 rings (SSSR count). The van der Waals surface area contributed by atoms with Crippen molar-refractivity contribution in [1.82, 2.24) is 9.97 Å². The molecule has 2 aromatic rings. The summed E-state index contributed by atoms with van der Waals surface area (Å²) in [6.45, 7) is 4.69. The van der Waals surface area contributed by atoms with E-state index in [9.17, 15) is 0 Å². The summed E-state index contributed by atoms with van der Waals surface area (Å²) < 4.78 is 0. The van der Waals surface area contributed by atoms with Crippen molar-refractivity contribution in [2.45, 2.75) is 45.4 Å². The zero-order chi connectivity index (χ0) is 12.8. The Hall–Kier alpha value is -0.670. The molecule has 1 fully saturated rings. The van der Waals surface area contributed by atoms with E-state index >= 15 is 0 Å². The maximum atomic E-state index is 6.23. The Bertz CT molecular complexity index is 566. The molecule has 0 spiro atoms. The number of halogens is 1. The third-order valence-electron chi connectivity index (χ3n) is 4.00. The lowest BCUT2D eigenvalue weighted by molar-refractivity contribution is 0.221. The summed E-state index contributed by atoms with van der Waals surface area (Å²) in [5.41, 5.74) is 0.479. The van der Waals surface area contributed by atoms with Crippen LogP contribution in [0.25, 0.3) is 10.2 Å². The molecule has 1 aliphatic carbocycles. The highest BCUT2D eigenvalue weighted by atomic mass is 35.5. The van der Waals surface area contributed by atoms with Crippen molar-refractivity contribution < 1.29 is 0 Å². The lowest BCUT2D eigenvalue weighted by atomic mass is 9.73. The standard InChI is InChI=1S/C14H17ClN2S/c1-14(2)6-3-9(4-7-14)12-16-11(15)10-5-8-18-13(10)17-12/h5,8-9H,3-4,6-7H2,1-2H3. The average molecular weight is 281 g/mol. The van der Waals surface area contributed by atoms with Crippen LogP contribution >= 0.6 is 22.9 Å². The van der Waals surface area contributed by atoms with Crippen molar-refractivity contribution in [2.24, 2.45) is 5.41 Å². The fourth-order valence-electron chi connectivity index (χ4n) is 2.67. The van der Waals surface area contributed by atoms with Gasteiger partial charge in [-0.05, 0) is 42.5 Å². The molecule has 1 saturated carbocycles. The van der Waals surface area contributed by atoms with Crippen LogP contribution in [-0.2, 0) is 0 Å². The van der Waals surface area contributed by atoms with Gasteiger partial charge in [0.25, 0.3) is 0 Å². The van der Waals surface area contributed by atoms with E-state index in [0.29, 0.717) is 16.5 Å². The number of hydrogen-bond donors (Lipinski definition) is 0. The van der Waals surface area contributed by atoms with Crippen molar-refractivity contribution in [1.29, 1.82) is 0 Å². The van der Waals surface area contributed by atoms with E-state index in [4.69, 9.17) is 16.6 Å². The average Bonchev–Trinajstić information content (AvgIpc) is 2.77. The van der Waals surface area contributed by atoms with Gasteiger partial charge in [0.05, 0.1) is 0 Å². The number of hydrogen-bond acceptors (Lipinski definition) is 3. The van der Waals surface area contributed by atoms with Gasteiger partial charge in [-0.2, -0.15) is 0 Å². The van der Waals surface area contributed by atoms with Gasteiger partial charge >= 0.3 is 0 Å². The van der Waals surface area contributed by atoms with Crippen LogP contribution in [0.15, 0.2) is 11.4 Å². The minimum atomic E-state index is 0.479. The van der Waals surface area contributed by atoms with Crippen molar-refractivity contribution in [3.63, 3.8) is 0 Å². The van der Waals surface area contributed by atoms with Gasteiger partial charge in [0, 0.05) is 11.3 Å². The van der Waals surface area contributed by atoms with Gasteiger partial charge in [-0.3, -0.25) is 0 Å². The summed E-state index contributed by atoms with van der Waals surface area (Å²) >= 11 is 7.88. The van der Waals surface area contributed by atoms with Crippen LogP contribution in [0, 0.1) is 5.41 Å². The SMILES string of the molecule is CC1(C)CCC(c2nc(Cl)c3ccsc3n2)CC1. The summed E-state index contributed by atoms with van der Waals surface area (Å²) in [5.74, 6) is 1.44. The Kier molecular flexibility index (Phi) is 3.07. The maximum absolute atomic E-state index is 6.23. The Balaban J connectivity index is 1.91. The first-order valence-electron chi connectivity index (χ1n) is 6.46. The number of nitrogens with zero attached hydrogens (tertiary/aromatic N) is 2. The normalized spacial score (nSPS) is 20.4. The molecule has 0 radical (unpaired) electrons. The predicted octanol–water partition coefficient (Wildman–Crippen LogP) is 5.03. The van der Waals surface area contributed by atoms with Gasteiger partial charge in [0.2, 0.25) is 0 Å². The number of aromatic nitrogens is 2. The molecule has 0 saturated heterocycles. The molecule has 0 bridgehead atoms. The number of thiophene rings is 1. The molecule has 4 heteroatoms. The molecule has 2 heterocycles. The van der Waals surface area contributed by atoms with Crippen molar-refractivity contribution in [3.8, 4) is 0 Å². The summed E-state index contributed by atoms with van der Waals surface area (Å²) in [6.07, 6.45) is 4.86. The van der Waals surface area contributed by atoms with E-state index < -0.39 is 0 Å². The highest BCUT2D eigenvalue weighted by Crippen LogP contribution is 2.42. The largest absolute Gasteiger partial charge is 0.222 e. The maximum Gasteiger partial charge on any atom is 0.141 e. The van der Waals surface area contributed by atoms with E-state index in [-0.39, 0.29) is 0 Å².